The molecule has 0 saturated carbocycles. The number of aromatic nitrogens is 1. The molecule has 4 rings (SSSR count). The van der Waals surface area contributed by atoms with Gasteiger partial charge in [0.1, 0.15) is 11.5 Å². The van der Waals surface area contributed by atoms with E-state index in [9.17, 15) is 14.7 Å². The molecule has 3 aromatic rings. The molecule has 158 valence electrons. The first kappa shape index (κ1) is 20.8. The Morgan fingerprint density at radius 1 is 1.16 bits per heavy atom. The number of pyridine rings is 1. The van der Waals surface area contributed by atoms with Gasteiger partial charge >= 0.3 is 0 Å². The number of aliphatic hydroxyl groups excluding tert-OH is 1. The van der Waals surface area contributed by atoms with Gasteiger partial charge in [-0.2, -0.15) is 0 Å². The van der Waals surface area contributed by atoms with E-state index in [1.165, 1.54) is 16.2 Å². The number of nitrogens with zero attached hydrogens (tertiary/aromatic N) is 2. The Kier molecular flexibility index (Phi) is 5.86. The fraction of sp³-hybridized carbons (Fsp3) is 0.208. The summed E-state index contributed by atoms with van der Waals surface area (Å²) in [4.78, 5) is 32.3. The monoisotopic (exact) mass is 434 g/mol. The van der Waals surface area contributed by atoms with E-state index in [0.717, 1.165) is 10.4 Å². The fourth-order valence-corrected chi connectivity index (χ4v) is 4.44. The summed E-state index contributed by atoms with van der Waals surface area (Å²) >= 11 is 1.44. The molecule has 7 heteroatoms. The molecule has 1 saturated heterocycles. The lowest BCUT2D eigenvalue weighted by Crippen LogP contribution is -2.28. The van der Waals surface area contributed by atoms with Crippen LogP contribution >= 0.6 is 11.3 Å². The zero-order valence-corrected chi connectivity index (χ0v) is 18.0. The molecule has 0 radical (unpaired) electrons. The van der Waals surface area contributed by atoms with Crippen LogP contribution in [0, 0.1) is 0 Å². The summed E-state index contributed by atoms with van der Waals surface area (Å²) in [6, 6.07) is 13.6. The Morgan fingerprint density at radius 3 is 2.55 bits per heavy atom. The van der Waals surface area contributed by atoms with Gasteiger partial charge in [-0.3, -0.25) is 14.6 Å². The third-order valence-corrected chi connectivity index (χ3v) is 5.85. The largest absolute Gasteiger partial charge is 0.507 e. The van der Waals surface area contributed by atoms with Crippen molar-refractivity contribution in [2.24, 2.45) is 0 Å². The quantitative estimate of drug-likeness (QED) is 0.350. The van der Waals surface area contributed by atoms with Crippen LogP contribution in [0.25, 0.3) is 5.76 Å². The van der Waals surface area contributed by atoms with Crippen LogP contribution in [-0.2, 0) is 16.1 Å². The maximum absolute atomic E-state index is 13.0. The summed E-state index contributed by atoms with van der Waals surface area (Å²) in [5.41, 5.74) is 1.35. The van der Waals surface area contributed by atoms with Crippen LogP contribution in [0.1, 0.15) is 35.9 Å². The molecule has 31 heavy (non-hydrogen) atoms. The summed E-state index contributed by atoms with van der Waals surface area (Å²) < 4.78 is 5.64. The summed E-state index contributed by atoms with van der Waals surface area (Å²) in [7, 11) is 0. The Labute approximate surface area is 184 Å². The first-order valence-corrected chi connectivity index (χ1v) is 10.8. The molecule has 3 heterocycles. The van der Waals surface area contributed by atoms with Crippen molar-refractivity contribution < 1.29 is 19.4 Å². The normalized spacial score (nSPS) is 18.0. The van der Waals surface area contributed by atoms with Crippen LogP contribution in [-0.4, -0.2) is 32.8 Å². The molecule has 1 aliphatic rings. The van der Waals surface area contributed by atoms with Gasteiger partial charge in [-0.15, -0.1) is 11.3 Å². The number of amides is 1. The predicted molar refractivity (Wildman–Crippen MR) is 119 cm³/mol. The predicted octanol–water partition coefficient (Wildman–Crippen LogP) is 4.55. The van der Waals surface area contributed by atoms with E-state index in [-0.39, 0.29) is 24.0 Å². The minimum absolute atomic E-state index is 0.0241. The lowest BCUT2D eigenvalue weighted by Gasteiger charge is -2.24. The van der Waals surface area contributed by atoms with Crippen molar-refractivity contribution in [3.8, 4) is 5.75 Å². The average Bonchev–Trinajstić information content (AvgIpc) is 3.37. The number of ether oxygens (including phenoxy) is 1. The molecule has 2 aromatic heterocycles. The number of aliphatic hydroxyl groups is 1. The van der Waals surface area contributed by atoms with Crippen LogP contribution in [0.2, 0.25) is 0 Å². The second-order valence-corrected chi connectivity index (χ2v) is 8.47. The van der Waals surface area contributed by atoms with Crippen molar-refractivity contribution in [3.63, 3.8) is 0 Å². The topological polar surface area (TPSA) is 79.7 Å². The van der Waals surface area contributed by atoms with Crippen molar-refractivity contribution in [1.29, 1.82) is 0 Å². The van der Waals surface area contributed by atoms with E-state index in [1.807, 2.05) is 37.4 Å². The van der Waals surface area contributed by atoms with Gasteiger partial charge in [0.05, 0.1) is 17.7 Å². The zero-order chi connectivity index (χ0) is 22.0. The second-order valence-electron chi connectivity index (χ2n) is 7.49. The van der Waals surface area contributed by atoms with Crippen LogP contribution < -0.4 is 4.74 Å². The highest BCUT2D eigenvalue weighted by atomic mass is 32.1. The molecule has 6 nitrogen and oxygen atoms in total. The van der Waals surface area contributed by atoms with Gasteiger partial charge in [-0.1, -0.05) is 12.1 Å². The highest BCUT2D eigenvalue weighted by molar-refractivity contribution is 7.10. The standard InChI is InChI=1S/C24H22N2O4S/c1-15(2)30-18-9-7-17(8-10-18)22(27)20-21(19-6-4-12-31-19)26(24(29)23(20)28)14-16-5-3-11-25-13-16/h3-13,15,21,27H,14H2,1-2H3/b22-20-. The number of thiophene rings is 1. The second kappa shape index (κ2) is 8.73. The van der Waals surface area contributed by atoms with Crippen LogP contribution in [0.4, 0.5) is 0 Å². The number of hydrogen-bond acceptors (Lipinski definition) is 6. The van der Waals surface area contributed by atoms with Gasteiger partial charge < -0.3 is 14.7 Å². The van der Waals surface area contributed by atoms with Crippen molar-refractivity contribution in [2.75, 3.05) is 0 Å². The number of ketones is 1. The average molecular weight is 435 g/mol. The molecule has 1 unspecified atom stereocenters. The summed E-state index contributed by atoms with van der Waals surface area (Å²) in [6.45, 7) is 4.08. The lowest BCUT2D eigenvalue weighted by atomic mass is 9.99. The summed E-state index contributed by atoms with van der Waals surface area (Å²) in [6.07, 6.45) is 3.34. The van der Waals surface area contributed by atoms with Gasteiger partial charge in [0.2, 0.25) is 0 Å². The Bertz CT molecular complexity index is 1110. The lowest BCUT2D eigenvalue weighted by molar-refractivity contribution is -0.140. The molecular formula is C24H22N2O4S. The molecule has 0 aliphatic carbocycles. The van der Waals surface area contributed by atoms with Crippen molar-refractivity contribution in [1.82, 2.24) is 9.88 Å². The Hall–Kier alpha value is -3.45. The van der Waals surface area contributed by atoms with Crippen LogP contribution in [0.15, 0.2) is 71.9 Å². The number of carbonyl (C=O) groups excluding carboxylic acids is 2. The highest BCUT2D eigenvalue weighted by Crippen LogP contribution is 2.41. The molecule has 1 amide bonds. The molecule has 1 aliphatic heterocycles. The number of hydrogen-bond donors (Lipinski definition) is 1. The van der Waals surface area contributed by atoms with E-state index in [2.05, 4.69) is 4.98 Å². The molecule has 0 spiro atoms. The SMILES string of the molecule is CC(C)Oc1ccc(/C(O)=C2/C(=O)C(=O)N(Cc3cccnc3)C2c2cccs2)cc1. The first-order valence-electron chi connectivity index (χ1n) is 9.93. The van der Waals surface area contributed by atoms with Crippen LogP contribution in [0.5, 0.6) is 5.75 Å². The maximum atomic E-state index is 13.0. The van der Waals surface area contributed by atoms with Gasteiger partial charge in [-0.25, -0.2) is 0 Å². The summed E-state index contributed by atoms with van der Waals surface area (Å²) in [5, 5.41) is 13.0. The van der Waals surface area contributed by atoms with Crippen molar-refractivity contribution in [3.05, 3.63) is 87.9 Å². The van der Waals surface area contributed by atoms with E-state index < -0.39 is 17.7 Å². The maximum Gasteiger partial charge on any atom is 0.295 e. The number of Topliss-reactive ketones (excluding diaryl/α,β-unsaturated/α-hetero) is 1. The van der Waals surface area contributed by atoms with Gasteiger partial charge in [-0.05, 0) is 61.2 Å². The Morgan fingerprint density at radius 2 is 1.94 bits per heavy atom. The number of benzene rings is 1. The molecular weight excluding hydrogens is 412 g/mol. The smallest absolute Gasteiger partial charge is 0.295 e. The van der Waals surface area contributed by atoms with Gasteiger partial charge in [0.25, 0.3) is 11.7 Å². The fourth-order valence-electron chi connectivity index (χ4n) is 3.59. The van der Waals surface area contributed by atoms with E-state index in [4.69, 9.17) is 4.74 Å². The molecule has 1 atom stereocenters. The van der Waals surface area contributed by atoms with E-state index in [1.54, 1.807) is 42.7 Å². The zero-order valence-electron chi connectivity index (χ0n) is 17.2. The van der Waals surface area contributed by atoms with E-state index in [0.29, 0.717) is 11.3 Å². The van der Waals surface area contributed by atoms with Gasteiger partial charge in [0.15, 0.2) is 0 Å². The number of carbonyl (C=O) groups is 2. The minimum Gasteiger partial charge on any atom is -0.507 e. The number of likely N-dealkylation sites (tertiary alicyclic amines) is 1. The molecule has 1 aromatic carbocycles. The molecule has 1 N–H and O–H groups in total. The van der Waals surface area contributed by atoms with Gasteiger partial charge in [0, 0.05) is 29.4 Å². The van der Waals surface area contributed by atoms with Crippen molar-refractivity contribution >= 4 is 28.8 Å². The molecule has 1 fully saturated rings. The first-order chi connectivity index (χ1) is 15.0. The Balaban J connectivity index is 1.76. The van der Waals surface area contributed by atoms with Crippen LogP contribution in [0.3, 0.4) is 0 Å². The minimum atomic E-state index is -0.692. The molecule has 0 bridgehead atoms. The van der Waals surface area contributed by atoms with Crippen molar-refractivity contribution in [2.45, 2.75) is 32.5 Å². The third kappa shape index (κ3) is 4.22. The highest BCUT2D eigenvalue weighted by Gasteiger charge is 2.46. The number of rotatable bonds is 6. The van der Waals surface area contributed by atoms with E-state index >= 15 is 0 Å². The summed E-state index contributed by atoms with van der Waals surface area (Å²) in [5.74, 6) is -0.856. The third-order valence-electron chi connectivity index (χ3n) is 4.93.